The number of aromatic nitrogens is 4. The first-order valence-electron chi connectivity index (χ1n) is 8.52. The predicted octanol–water partition coefficient (Wildman–Crippen LogP) is 3.52. The molecular formula is C18H14F3N5O2. The first-order chi connectivity index (χ1) is 13.4. The number of nitrogens with zero attached hydrogens (tertiary/aromatic N) is 5. The molecule has 0 radical (unpaired) electrons. The standard InChI is InChI=1S/C18H14F3N5O2/c19-18(20,21)12-4-1-3-11(9-12)15-24-16(28-25-15)14-5-2-8-26(14)17(27)13-10-22-6-7-23-13/h1,3-4,6-7,9-10,14H,2,5,8H2/t14-/m1/s1. The van der Waals surface area contributed by atoms with Crippen LogP contribution in [0.1, 0.15) is 40.8 Å². The van der Waals surface area contributed by atoms with Gasteiger partial charge in [-0.05, 0) is 25.0 Å². The highest BCUT2D eigenvalue weighted by Gasteiger charge is 2.35. The topological polar surface area (TPSA) is 85.0 Å². The van der Waals surface area contributed by atoms with Crippen LogP contribution in [-0.4, -0.2) is 37.5 Å². The lowest BCUT2D eigenvalue weighted by Gasteiger charge is -2.21. The summed E-state index contributed by atoms with van der Waals surface area (Å²) in [7, 11) is 0. The van der Waals surface area contributed by atoms with E-state index in [1.807, 2.05) is 0 Å². The summed E-state index contributed by atoms with van der Waals surface area (Å²) in [4.78, 5) is 26.4. The van der Waals surface area contributed by atoms with Gasteiger partial charge in [0.2, 0.25) is 11.7 Å². The third kappa shape index (κ3) is 3.45. The average molecular weight is 389 g/mol. The molecule has 4 rings (SSSR count). The second-order valence-corrected chi connectivity index (χ2v) is 6.28. The maximum Gasteiger partial charge on any atom is 0.416 e. The van der Waals surface area contributed by atoms with Gasteiger partial charge in [0.1, 0.15) is 11.7 Å². The number of hydrogen-bond donors (Lipinski definition) is 0. The Balaban J connectivity index is 1.60. The lowest BCUT2D eigenvalue weighted by atomic mass is 10.1. The van der Waals surface area contributed by atoms with Gasteiger partial charge in [0, 0.05) is 24.5 Å². The first kappa shape index (κ1) is 18.1. The van der Waals surface area contributed by atoms with Gasteiger partial charge in [0.05, 0.1) is 11.8 Å². The number of hydrogen-bond acceptors (Lipinski definition) is 6. The zero-order valence-corrected chi connectivity index (χ0v) is 14.4. The molecule has 0 saturated carbocycles. The number of amides is 1. The van der Waals surface area contributed by atoms with Crippen molar-refractivity contribution in [1.29, 1.82) is 0 Å². The summed E-state index contributed by atoms with van der Waals surface area (Å²) in [5, 5.41) is 3.80. The van der Waals surface area contributed by atoms with Crippen molar-refractivity contribution in [2.45, 2.75) is 25.1 Å². The first-order valence-corrected chi connectivity index (χ1v) is 8.52. The predicted molar refractivity (Wildman–Crippen MR) is 89.8 cm³/mol. The van der Waals surface area contributed by atoms with E-state index in [-0.39, 0.29) is 28.9 Å². The van der Waals surface area contributed by atoms with Gasteiger partial charge in [0.15, 0.2) is 0 Å². The molecular weight excluding hydrogens is 375 g/mol. The molecule has 10 heteroatoms. The molecule has 0 aliphatic carbocycles. The van der Waals surface area contributed by atoms with E-state index in [4.69, 9.17) is 4.52 Å². The molecule has 0 spiro atoms. The SMILES string of the molecule is O=C(c1cnccn1)N1CCC[C@@H]1c1nc(-c2cccc(C(F)(F)F)c2)no1. The maximum atomic E-state index is 12.9. The fourth-order valence-corrected chi connectivity index (χ4v) is 3.15. The minimum Gasteiger partial charge on any atom is -0.337 e. The Kier molecular flexibility index (Phi) is 4.54. The number of halogens is 3. The summed E-state index contributed by atoms with van der Waals surface area (Å²) in [6.07, 6.45) is 1.15. The molecule has 1 fully saturated rings. The van der Waals surface area contributed by atoms with E-state index >= 15 is 0 Å². The Morgan fingerprint density at radius 3 is 2.86 bits per heavy atom. The van der Waals surface area contributed by atoms with Crippen molar-refractivity contribution < 1.29 is 22.5 Å². The molecule has 1 aromatic carbocycles. The van der Waals surface area contributed by atoms with Gasteiger partial charge in [-0.3, -0.25) is 9.78 Å². The fourth-order valence-electron chi connectivity index (χ4n) is 3.15. The lowest BCUT2D eigenvalue weighted by molar-refractivity contribution is -0.137. The van der Waals surface area contributed by atoms with E-state index in [1.165, 1.54) is 30.7 Å². The van der Waals surface area contributed by atoms with E-state index in [0.717, 1.165) is 18.6 Å². The van der Waals surface area contributed by atoms with Crippen LogP contribution in [0.2, 0.25) is 0 Å². The third-order valence-electron chi connectivity index (χ3n) is 4.47. The fraction of sp³-hybridized carbons (Fsp3) is 0.278. The van der Waals surface area contributed by atoms with Crippen LogP contribution < -0.4 is 0 Å². The molecule has 144 valence electrons. The molecule has 1 saturated heterocycles. The summed E-state index contributed by atoms with van der Waals surface area (Å²) in [5.41, 5.74) is -0.404. The Bertz CT molecular complexity index is 990. The number of alkyl halides is 3. The van der Waals surface area contributed by atoms with Gasteiger partial charge in [-0.2, -0.15) is 18.2 Å². The largest absolute Gasteiger partial charge is 0.416 e. The monoisotopic (exact) mass is 389 g/mol. The zero-order chi connectivity index (χ0) is 19.7. The van der Waals surface area contributed by atoms with Gasteiger partial charge in [-0.15, -0.1) is 0 Å². The van der Waals surface area contributed by atoms with Crippen molar-refractivity contribution in [1.82, 2.24) is 25.0 Å². The van der Waals surface area contributed by atoms with Gasteiger partial charge in [-0.25, -0.2) is 4.98 Å². The number of carbonyl (C=O) groups is 1. The quantitative estimate of drug-likeness (QED) is 0.681. The molecule has 28 heavy (non-hydrogen) atoms. The van der Waals surface area contributed by atoms with E-state index in [0.29, 0.717) is 13.0 Å². The van der Waals surface area contributed by atoms with Crippen LogP contribution in [0.25, 0.3) is 11.4 Å². The number of benzene rings is 1. The van der Waals surface area contributed by atoms with Crippen molar-refractivity contribution in [3.63, 3.8) is 0 Å². The zero-order valence-electron chi connectivity index (χ0n) is 14.4. The molecule has 3 heterocycles. The highest BCUT2D eigenvalue weighted by Crippen LogP contribution is 2.34. The number of rotatable bonds is 3. The summed E-state index contributed by atoms with van der Waals surface area (Å²) in [6.45, 7) is 0.487. The summed E-state index contributed by atoms with van der Waals surface area (Å²) in [6, 6.07) is 4.24. The van der Waals surface area contributed by atoms with Gasteiger partial charge in [-0.1, -0.05) is 17.3 Å². The van der Waals surface area contributed by atoms with E-state index in [9.17, 15) is 18.0 Å². The van der Waals surface area contributed by atoms with Crippen molar-refractivity contribution in [3.8, 4) is 11.4 Å². The van der Waals surface area contributed by atoms with Crippen molar-refractivity contribution in [3.05, 3.63) is 60.0 Å². The number of carbonyl (C=O) groups excluding carboxylic acids is 1. The molecule has 2 aromatic heterocycles. The highest BCUT2D eigenvalue weighted by molar-refractivity contribution is 5.92. The highest BCUT2D eigenvalue weighted by atomic mass is 19.4. The summed E-state index contributed by atoms with van der Waals surface area (Å²) in [5.74, 6) is -0.0866. The Morgan fingerprint density at radius 1 is 1.25 bits per heavy atom. The second kappa shape index (κ2) is 7.02. The van der Waals surface area contributed by atoms with Gasteiger partial charge >= 0.3 is 6.18 Å². The summed E-state index contributed by atoms with van der Waals surface area (Å²) >= 11 is 0. The molecule has 1 aliphatic heterocycles. The number of likely N-dealkylation sites (tertiary alicyclic amines) is 1. The minimum absolute atomic E-state index is 0.0416. The summed E-state index contributed by atoms with van der Waals surface area (Å²) < 4.78 is 44.0. The van der Waals surface area contributed by atoms with Crippen LogP contribution in [0.15, 0.2) is 47.4 Å². The Labute approximate surface area is 157 Å². The molecule has 0 bridgehead atoms. The van der Waals surface area contributed by atoms with Gasteiger partial charge < -0.3 is 9.42 Å². The molecule has 7 nitrogen and oxygen atoms in total. The van der Waals surface area contributed by atoms with Crippen LogP contribution in [-0.2, 0) is 6.18 Å². The average Bonchev–Trinajstić information content (AvgIpc) is 3.37. The van der Waals surface area contributed by atoms with Crippen molar-refractivity contribution in [2.75, 3.05) is 6.54 Å². The van der Waals surface area contributed by atoms with Gasteiger partial charge in [0.25, 0.3) is 5.91 Å². The van der Waals surface area contributed by atoms with Crippen LogP contribution in [0.5, 0.6) is 0 Å². The van der Waals surface area contributed by atoms with Crippen LogP contribution in [0.3, 0.4) is 0 Å². The Hall–Kier alpha value is -3.30. The smallest absolute Gasteiger partial charge is 0.337 e. The van der Waals surface area contributed by atoms with E-state index in [1.54, 1.807) is 4.90 Å². The van der Waals surface area contributed by atoms with Crippen molar-refractivity contribution in [2.24, 2.45) is 0 Å². The minimum atomic E-state index is -4.46. The molecule has 0 N–H and O–H groups in total. The Morgan fingerprint density at radius 2 is 2.11 bits per heavy atom. The molecule has 3 aromatic rings. The molecule has 1 atom stereocenters. The second-order valence-electron chi connectivity index (χ2n) is 6.28. The van der Waals surface area contributed by atoms with Crippen LogP contribution >= 0.6 is 0 Å². The third-order valence-corrected chi connectivity index (χ3v) is 4.47. The normalized spacial score (nSPS) is 17.1. The molecule has 1 amide bonds. The van der Waals surface area contributed by atoms with Crippen molar-refractivity contribution >= 4 is 5.91 Å². The molecule has 0 unspecified atom stereocenters. The van der Waals surface area contributed by atoms with E-state index in [2.05, 4.69) is 20.1 Å². The maximum absolute atomic E-state index is 12.9. The van der Waals surface area contributed by atoms with E-state index < -0.39 is 17.8 Å². The lowest BCUT2D eigenvalue weighted by Crippen LogP contribution is -2.31. The van der Waals surface area contributed by atoms with Crippen LogP contribution in [0.4, 0.5) is 13.2 Å². The van der Waals surface area contributed by atoms with Crippen LogP contribution in [0, 0.1) is 0 Å². The molecule has 1 aliphatic rings.